The van der Waals surface area contributed by atoms with Gasteiger partial charge in [0.2, 0.25) is 0 Å². The molecule has 0 N–H and O–H groups in total. The Morgan fingerprint density at radius 2 is 1.89 bits per heavy atom. The third kappa shape index (κ3) is 4.63. The summed E-state index contributed by atoms with van der Waals surface area (Å²) in [6.07, 6.45) is 11.6. The van der Waals surface area contributed by atoms with Crippen molar-refractivity contribution in [3.05, 3.63) is 54.2 Å². The van der Waals surface area contributed by atoms with Gasteiger partial charge in [0, 0.05) is 31.5 Å². The summed E-state index contributed by atoms with van der Waals surface area (Å²) in [5, 5.41) is 0. The molecule has 1 spiro atoms. The van der Waals surface area contributed by atoms with Crippen LogP contribution >= 0.6 is 0 Å². The lowest BCUT2D eigenvalue weighted by atomic mass is 9.68. The minimum Gasteiger partial charge on any atom is -0.449 e. The summed E-state index contributed by atoms with van der Waals surface area (Å²) < 4.78 is 5.26. The molecule has 2 aromatic rings. The lowest BCUT2D eigenvalue weighted by Crippen LogP contribution is -2.56. The number of amides is 2. The van der Waals surface area contributed by atoms with Crippen molar-refractivity contribution in [3.63, 3.8) is 0 Å². The van der Waals surface area contributed by atoms with Crippen LogP contribution < -0.4 is 0 Å². The fourth-order valence-electron chi connectivity index (χ4n) is 6.42. The summed E-state index contributed by atoms with van der Waals surface area (Å²) in [4.78, 5) is 36.9. The van der Waals surface area contributed by atoms with Crippen LogP contribution in [0.1, 0.15) is 62.8 Å². The zero-order valence-corrected chi connectivity index (χ0v) is 21.1. The maximum absolute atomic E-state index is 13.6. The first-order valence-electron chi connectivity index (χ1n) is 13.1. The first-order valence-corrected chi connectivity index (χ1v) is 13.1. The zero-order chi connectivity index (χ0) is 24.5. The Hall–Kier alpha value is -2.67. The normalized spacial score (nSPS) is 27.1. The number of urea groups is 1. The monoisotopic (exact) mass is 478 g/mol. The van der Waals surface area contributed by atoms with Crippen molar-refractivity contribution in [3.8, 4) is 0 Å². The second-order valence-corrected chi connectivity index (χ2v) is 11.0. The molecule has 1 aliphatic heterocycles. The van der Waals surface area contributed by atoms with Crippen LogP contribution in [0.2, 0.25) is 0 Å². The average Bonchev–Trinajstić information content (AvgIpc) is 3.43. The Bertz CT molecular complexity index is 1010. The number of rotatable bonds is 9. The Balaban J connectivity index is 1.31. The Labute approximate surface area is 208 Å². The highest BCUT2D eigenvalue weighted by atomic mass is 16.3. The minimum atomic E-state index is -0.177. The lowest BCUT2D eigenvalue weighted by molar-refractivity contribution is -0.119. The summed E-state index contributed by atoms with van der Waals surface area (Å²) in [5.74, 6) is 1.24. The molecule has 1 aromatic carbocycles. The molecular formula is C28H38N4O3. The topological polar surface area (TPSA) is 69.9 Å². The number of carbonyl (C=O) groups is 2. The molecule has 3 aliphatic rings. The number of ketones is 1. The van der Waals surface area contributed by atoms with Crippen molar-refractivity contribution in [2.75, 3.05) is 33.7 Å². The molecule has 2 amide bonds. The van der Waals surface area contributed by atoms with Crippen molar-refractivity contribution in [1.29, 1.82) is 0 Å². The number of oxazole rings is 1. The Morgan fingerprint density at radius 1 is 1.14 bits per heavy atom. The number of hydrogen-bond acceptors (Lipinski definition) is 5. The van der Waals surface area contributed by atoms with Gasteiger partial charge in [-0.05, 0) is 64.1 Å². The highest BCUT2D eigenvalue weighted by Crippen LogP contribution is 2.49. The molecule has 0 radical (unpaired) electrons. The highest BCUT2D eigenvalue weighted by Gasteiger charge is 2.55. The molecule has 0 bridgehead atoms. The van der Waals surface area contributed by atoms with Crippen LogP contribution in [0, 0.1) is 5.92 Å². The van der Waals surface area contributed by atoms with E-state index in [1.807, 2.05) is 4.90 Å². The van der Waals surface area contributed by atoms with Crippen LogP contribution in [0.3, 0.4) is 0 Å². The van der Waals surface area contributed by atoms with Crippen LogP contribution in [0.15, 0.2) is 47.2 Å². The molecule has 3 fully saturated rings. The fourth-order valence-corrected chi connectivity index (χ4v) is 6.42. The number of nitrogens with zero attached hydrogens (tertiary/aromatic N) is 4. The van der Waals surface area contributed by atoms with Gasteiger partial charge in [0.1, 0.15) is 6.26 Å². The van der Waals surface area contributed by atoms with Crippen LogP contribution in [-0.2, 0) is 16.8 Å². The van der Waals surface area contributed by atoms with E-state index in [-0.39, 0.29) is 29.4 Å². The molecule has 2 heterocycles. The van der Waals surface area contributed by atoms with Crippen molar-refractivity contribution < 1.29 is 14.0 Å². The van der Waals surface area contributed by atoms with Gasteiger partial charge in [-0.2, -0.15) is 0 Å². The molecule has 7 heteroatoms. The van der Waals surface area contributed by atoms with Crippen molar-refractivity contribution in [2.45, 2.75) is 68.9 Å². The van der Waals surface area contributed by atoms with Gasteiger partial charge < -0.3 is 14.2 Å². The summed E-state index contributed by atoms with van der Waals surface area (Å²) >= 11 is 0. The maximum Gasteiger partial charge on any atom is 0.321 e. The number of hydrogen-bond donors (Lipinski definition) is 0. The van der Waals surface area contributed by atoms with E-state index >= 15 is 0 Å². The number of carbonyl (C=O) groups excluding carboxylic acids is 2. The SMILES string of the molecule is CN(C)C1(c2ccccc2)CCC2(CC1)CN(CC(=O)CCc1ncco1)C(=O)N2CC1CCC1. The second-order valence-electron chi connectivity index (χ2n) is 11.0. The maximum atomic E-state index is 13.6. The molecule has 5 rings (SSSR count). The van der Waals surface area contributed by atoms with E-state index in [0.29, 0.717) is 31.2 Å². The van der Waals surface area contributed by atoms with E-state index in [2.05, 4.69) is 59.2 Å². The van der Waals surface area contributed by atoms with Crippen LogP contribution in [0.5, 0.6) is 0 Å². The quantitative estimate of drug-likeness (QED) is 0.531. The van der Waals surface area contributed by atoms with E-state index in [4.69, 9.17) is 4.42 Å². The molecule has 7 nitrogen and oxygen atoms in total. The van der Waals surface area contributed by atoms with E-state index in [1.54, 1.807) is 6.20 Å². The van der Waals surface area contributed by atoms with Gasteiger partial charge in [-0.15, -0.1) is 0 Å². The summed E-state index contributed by atoms with van der Waals surface area (Å²) in [6, 6.07) is 10.9. The number of Topliss-reactive ketones (excluding diaryl/α,β-unsaturated/α-hetero) is 1. The Kier molecular flexibility index (Phi) is 6.71. The number of benzene rings is 1. The smallest absolute Gasteiger partial charge is 0.321 e. The molecule has 2 aliphatic carbocycles. The molecule has 0 atom stereocenters. The molecule has 1 saturated heterocycles. The van der Waals surface area contributed by atoms with E-state index in [0.717, 1.165) is 32.2 Å². The summed E-state index contributed by atoms with van der Waals surface area (Å²) in [5.41, 5.74) is 1.16. The largest absolute Gasteiger partial charge is 0.449 e. The van der Waals surface area contributed by atoms with Gasteiger partial charge in [0.15, 0.2) is 11.7 Å². The molecule has 0 unspecified atom stereocenters. The standard InChI is InChI=1S/C28H38N4O3/c1-30(2)28(23-9-4-3-5-10-23)15-13-27(14-16-28)21-31(26(34)32(27)19-22-7-6-8-22)20-24(33)11-12-25-29-17-18-35-25/h3-5,9-10,17-18,22H,6-8,11-16,19-21H2,1-2H3. The average molecular weight is 479 g/mol. The number of aromatic nitrogens is 1. The minimum absolute atomic E-state index is 0.0169. The van der Waals surface area contributed by atoms with E-state index in [1.165, 1.54) is 31.1 Å². The van der Waals surface area contributed by atoms with Gasteiger partial charge in [0.25, 0.3) is 0 Å². The van der Waals surface area contributed by atoms with Crippen LogP contribution in [-0.4, -0.2) is 70.8 Å². The molecule has 1 aromatic heterocycles. The summed E-state index contributed by atoms with van der Waals surface area (Å²) in [6.45, 7) is 1.67. The van der Waals surface area contributed by atoms with Crippen LogP contribution in [0.25, 0.3) is 0 Å². The third-order valence-corrected chi connectivity index (χ3v) is 8.87. The highest BCUT2D eigenvalue weighted by molar-refractivity contribution is 5.87. The molecule has 2 saturated carbocycles. The molecule has 188 valence electrons. The van der Waals surface area contributed by atoms with Crippen molar-refractivity contribution in [1.82, 2.24) is 19.7 Å². The zero-order valence-electron chi connectivity index (χ0n) is 21.1. The predicted octanol–water partition coefficient (Wildman–Crippen LogP) is 4.48. The van der Waals surface area contributed by atoms with Gasteiger partial charge in [-0.25, -0.2) is 9.78 Å². The van der Waals surface area contributed by atoms with E-state index < -0.39 is 0 Å². The van der Waals surface area contributed by atoms with Crippen molar-refractivity contribution >= 4 is 11.8 Å². The Morgan fingerprint density at radius 3 is 2.49 bits per heavy atom. The predicted molar refractivity (Wildman–Crippen MR) is 134 cm³/mol. The molecular weight excluding hydrogens is 440 g/mol. The van der Waals surface area contributed by atoms with Crippen LogP contribution in [0.4, 0.5) is 4.79 Å². The first-order chi connectivity index (χ1) is 16.9. The fraction of sp³-hybridized carbons (Fsp3) is 0.607. The van der Waals surface area contributed by atoms with Gasteiger partial charge >= 0.3 is 6.03 Å². The summed E-state index contributed by atoms with van der Waals surface area (Å²) in [7, 11) is 4.35. The first kappa shape index (κ1) is 24.0. The third-order valence-electron chi connectivity index (χ3n) is 8.87. The van der Waals surface area contributed by atoms with E-state index in [9.17, 15) is 9.59 Å². The van der Waals surface area contributed by atoms with Gasteiger partial charge in [-0.3, -0.25) is 9.69 Å². The van der Waals surface area contributed by atoms with Gasteiger partial charge in [0.05, 0.1) is 18.3 Å². The van der Waals surface area contributed by atoms with Gasteiger partial charge in [-0.1, -0.05) is 36.8 Å². The van der Waals surface area contributed by atoms with Crippen molar-refractivity contribution in [2.24, 2.45) is 5.92 Å². The second kappa shape index (κ2) is 9.76. The molecule has 35 heavy (non-hydrogen) atoms. The number of aryl methyl sites for hydroxylation is 1. The lowest BCUT2D eigenvalue weighted by Gasteiger charge is -2.51.